The first-order chi connectivity index (χ1) is 14.7. The molecule has 160 valence electrons. The highest BCUT2D eigenvalue weighted by Crippen LogP contribution is 2.39. The van der Waals surface area contributed by atoms with E-state index in [1.54, 1.807) is 0 Å². The summed E-state index contributed by atoms with van der Waals surface area (Å²) in [5.41, 5.74) is 1.40. The van der Waals surface area contributed by atoms with Gasteiger partial charge in [0, 0.05) is 27.0 Å². The van der Waals surface area contributed by atoms with Crippen LogP contribution in [-0.2, 0) is 6.54 Å². The van der Waals surface area contributed by atoms with Crippen molar-refractivity contribution in [1.29, 1.82) is 0 Å². The van der Waals surface area contributed by atoms with Crippen LogP contribution in [-0.4, -0.2) is 26.1 Å². The maximum atomic E-state index is 12.5. The van der Waals surface area contributed by atoms with Crippen molar-refractivity contribution < 1.29 is 17.9 Å². The summed E-state index contributed by atoms with van der Waals surface area (Å²) in [6, 6.07) is 6.54. The topological polar surface area (TPSA) is 84.8 Å². The van der Waals surface area contributed by atoms with E-state index >= 15 is 0 Å². The highest BCUT2D eigenvalue weighted by molar-refractivity contribution is 9.10. The second kappa shape index (κ2) is 8.19. The van der Waals surface area contributed by atoms with Crippen LogP contribution in [0, 0.1) is 0 Å². The van der Waals surface area contributed by atoms with Gasteiger partial charge in [0.25, 0.3) is 5.56 Å². The first-order valence-corrected chi connectivity index (χ1v) is 10.4. The van der Waals surface area contributed by atoms with E-state index < -0.39 is 6.36 Å². The maximum Gasteiger partial charge on any atom is 0.573 e. The predicted octanol–water partition coefficient (Wildman–Crippen LogP) is 5.14. The van der Waals surface area contributed by atoms with E-state index in [4.69, 9.17) is 0 Å². The van der Waals surface area contributed by atoms with E-state index in [9.17, 15) is 18.0 Å². The van der Waals surface area contributed by atoms with E-state index in [0.29, 0.717) is 22.4 Å². The number of allylic oxidation sites excluding steroid dienone is 1. The second-order valence-corrected chi connectivity index (χ2v) is 8.11. The Kier molecular flexibility index (Phi) is 5.58. The number of hydrogen-bond donors (Lipinski definition) is 2. The Morgan fingerprint density at radius 1 is 1.32 bits per heavy atom. The quantitative estimate of drug-likeness (QED) is 0.374. The Morgan fingerprint density at radius 2 is 2.13 bits per heavy atom. The minimum absolute atomic E-state index is 0.0982. The largest absolute Gasteiger partial charge is 0.573 e. The molecule has 0 saturated heterocycles. The van der Waals surface area contributed by atoms with Crippen LogP contribution in [0.1, 0.15) is 0 Å². The highest BCUT2D eigenvalue weighted by atomic mass is 79.9. The van der Waals surface area contributed by atoms with Crippen LogP contribution in [0.5, 0.6) is 5.75 Å². The number of ether oxygens (including phenoxy) is 1. The van der Waals surface area contributed by atoms with Crippen LogP contribution < -0.4 is 15.6 Å². The zero-order valence-electron chi connectivity index (χ0n) is 15.5. The summed E-state index contributed by atoms with van der Waals surface area (Å²) in [5.74, 6) is 0.199. The highest BCUT2D eigenvalue weighted by Gasteiger charge is 2.31. The van der Waals surface area contributed by atoms with Gasteiger partial charge in [-0.2, -0.15) is 5.10 Å². The van der Waals surface area contributed by atoms with Crippen molar-refractivity contribution in [3.63, 3.8) is 0 Å². The SMILES string of the molecule is C=C(Cn1c(=O)ccc2cc(OC(F)(F)F)ccc21)Nc1scc(Br)c1-c1ncn[nH]1. The van der Waals surface area contributed by atoms with Gasteiger partial charge in [0.2, 0.25) is 0 Å². The third-order valence-electron chi connectivity index (χ3n) is 4.23. The molecule has 0 radical (unpaired) electrons. The fourth-order valence-electron chi connectivity index (χ4n) is 3.01. The summed E-state index contributed by atoms with van der Waals surface area (Å²) in [4.78, 5) is 16.6. The summed E-state index contributed by atoms with van der Waals surface area (Å²) in [6.45, 7) is 4.09. The molecule has 7 nitrogen and oxygen atoms in total. The average Bonchev–Trinajstić information content (AvgIpc) is 3.32. The zero-order chi connectivity index (χ0) is 22.2. The Balaban J connectivity index is 1.61. The molecule has 1 aromatic carbocycles. The molecule has 0 bridgehead atoms. The molecule has 0 atom stereocenters. The lowest BCUT2D eigenvalue weighted by atomic mass is 10.2. The summed E-state index contributed by atoms with van der Waals surface area (Å²) < 4.78 is 43.7. The van der Waals surface area contributed by atoms with Crippen molar-refractivity contribution in [2.24, 2.45) is 0 Å². The molecule has 4 aromatic rings. The van der Waals surface area contributed by atoms with E-state index in [1.165, 1.54) is 52.6 Å². The Labute approximate surface area is 185 Å². The van der Waals surface area contributed by atoms with E-state index in [-0.39, 0.29) is 17.9 Å². The average molecular weight is 512 g/mol. The van der Waals surface area contributed by atoms with Crippen molar-refractivity contribution in [2.75, 3.05) is 5.32 Å². The molecular formula is C19H13BrF3N5O2S. The molecule has 0 aliphatic heterocycles. The Bertz CT molecular complexity index is 1310. The van der Waals surface area contributed by atoms with Crippen LogP contribution in [0.3, 0.4) is 0 Å². The van der Waals surface area contributed by atoms with Gasteiger partial charge in [0.15, 0.2) is 5.82 Å². The van der Waals surface area contributed by atoms with Gasteiger partial charge >= 0.3 is 6.36 Å². The first kappa shape index (κ1) is 21.1. The number of halogens is 4. The molecule has 4 rings (SSSR count). The van der Waals surface area contributed by atoms with E-state index in [1.807, 2.05) is 5.38 Å². The minimum Gasteiger partial charge on any atom is -0.406 e. The van der Waals surface area contributed by atoms with Crippen LogP contribution in [0.15, 0.2) is 63.6 Å². The van der Waals surface area contributed by atoms with Crippen LogP contribution in [0.2, 0.25) is 0 Å². The lowest BCUT2D eigenvalue weighted by Crippen LogP contribution is -2.22. The molecule has 31 heavy (non-hydrogen) atoms. The minimum atomic E-state index is -4.80. The van der Waals surface area contributed by atoms with Crippen molar-refractivity contribution >= 4 is 43.2 Å². The molecule has 0 saturated carbocycles. The van der Waals surface area contributed by atoms with Gasteiger partial charge in [-0.3, -0.25) is 9.89 Å². The monoisotopic (exact) mass is 511 g/mol. The third kappa shape index (κ3) is 4.64. The number of nitrogens with one attached hydrogen (secondary N) is 2. The smallest absolute Gasteiger partial charge is 0.406 e. The van der Waals surface area contributed by atoms with Gasteiger partial charge in [0.05, 0.1) is 17.6 Å². The number of pyridine rings is 1. The van der Waals surface area contributed by atoms with Gasteiger partial charge in [-0.05, 0) is 40.2 Å². The standard InChI is InChI=1S/C19H13BrF3N5O2S/c1-10(26-18-16(13(20)8-31-18)17-24-9-25-27-17)7-28-14-4-3-12(30-19(21,22)23)6-11(14)2-5-15(28)29/h2-6,8-9,26H,1,7H2,(H,24,25,27). The summed E-state index contributed by atoms with van der Waals surface area (Å²) in [7, 11) is 0. The molecular weight excluding hydrogens is 499 g/mol. The number of benzene rings is 1. The van der Waals surface area contributed by atoms with Crippen molar-refractivity contribution in [3.05, 3.63) is 69.1 Å². The molecule has 0 amide bonds. The number of rotatable bonds is 6. The molecule has 0 aliphatic rings. The van der Waals surface area contributed by atoms with E-state index in [2.05, 4.69) is 47.7 Å². The van der Waals surface area contributed by atoms with Crippen LogP contribution in [0.4, 0.5) is 18.2 Å². The number of fused-ring (bicyclic) bond motifs is 1. The number of aromatic nitrogens is 4. The number of hydrogen-bond acceptors (Lipinski definition) is 6. The maximum absolute atomic E-state index is 12.5. The number of nitrogens with zero attached hydrogens (tertiary/aromatic N) is 3. The third-order valence-corrected chi connectivity index (χ3v) is 6.06. The Morgan fingerprint density at radius 3 is 2.84 bits per heavy atom. The fourth-order valence-corrected chi connectivity index (χ4v) is 4.67. The summed E-state index contributed by atoms with van der Waals surface area (Å²) in [5, 5.41) is 12.9. The number of aromatic amines is 1. The number of H-pyrrole nitrogens is 1. The van der Waals surface area contributed by atoms with Gasteiger partial charge in [-0.15, -0.1) is 24.5 Å². The van der Waals surface area contributed by atoms with Crippen molar-refractivity contribution in [1.82, 2.24) is 19.7 Å². The molecule has 3 heterocycles. The van der Waals surface area contributed by atoms with Gasteiger partial charge in [0.1, 0.15) is 17.1 Å². The van der Waals surface area contributed by atoms with Crippen LogP contribution in [0.25, 0.3) is 22.3 Å². The number of anilines is 1. The molecule has 0 fully saturated rings. The van der Waals surface area contributed by atoms with Crippen LogP contribution >= 0.6 is 27.3 Å². The lowest BCUT2D eigenvalue weighted by molar-refractivity contribution is -0.274. The molecule has 0 spiro atoms. The molecule has 0 aliphatic carbocycles. The molecule has 12 heteroatoms. The van der Waals surface area contributed by atoms with Crippen molar-refractivity contribution in [3.8, 4) is 17.1 Å². The van der Waals surface area contributed by atoms with E-state index in [0.717, 1.165) is 15.0 Å². The lowest BCUT2D eigenvalue weighted by Gasteiger charge is -2.15. The summed E-state index contributed by atoms with van der Waals surface area (Å²) in [6.07, 6.45) is -3.40. The predicted molar refractivity (Wildman–Crippen MR) is 115 cm³/mol. The Hall–Kier alpha value is -3.12. The second-order valence-electron chi connectivity index (χ2n) is 6.38. The molecule has 3 aromatic heterocycles. The van der Waals surface area contributed by atoms with Gasteiger partial charge < -0.3 is 14.6 Å². The number of alkyl halides is 3. The van der Waals surface area contributed by atoms with Gasteiger partial charge in [-0.1, -0.05) is 6.58 Å². The molecule has 2 N–H and O–H groups in total. The first-order valence-electron chi connectivity index (χ1n) is 8.68. The summed E-state index contributed by atoms with van der Waals surface area (Å²) >= 11 is 4.88. The number of thiophene rings is 1. The fraction of sp³-hybridized carbons (Fsp3) is 0.105. The van der Waals surface area contributed by atoms with Gasteiger partial charge in [-0.25, -0.2) is 4.98 Å². The molecule has 0 unspecified atom stereocenters. The normalized spacial score (nSPS) is 11.6. The zero-order valence-corrected chi connectivity index (χ0v) is 17.9. The van der Waals surface area contributed by atoms with Crippen molar-refractivity contribution in [2.45, 2.75) is 12.9 Å².